The lowest BCUT2D eigenvalue weighted by Gasteiger charge is -1.99. The van der Waals surface area contributed by atoms with Crippen molar-refractivity contribution in [3.8, 4) is 0 Å². The van der Waals surface area contributed by atoms with Gasteiger partial charge in [-0.1, -0.05) is 0 Å². The van der Waals surface area contributed by atoms with E-state index in [1.165, 1.54) is 6.33 Å². The van der Waals surface area contributed by atoms with Crippen LogP contribution >= 0.6 is 0 Å². The monoisotopic (exact) mass is 134 g/mol. The molecule has 0 unspecified atom stereocenters. The molecule has 3 N–H and O–H groups in total. The van der Waals surface area contributed by atoms with Crippen molar-refractivity contribution >= 4 is 17.0 Å². The number of aromatic amines is 1. The molecule has 5 heteroatoms. The fourth-order valence-electron chi connectivity index (χ4n) is 0.742. The summed E-state index contributed by atoms with van der Waals surface area (Å²) in [5, 5.41) is 0. The third kappa shape index (κ3) is 0.540. The zero-order chi connectivity index (χ0) is 6.97. The second-order valence-corrected chi connectivity index (χ2v) is 1.81. The molecule has 0 aliphatic rings. The van der Waals surface area contributed by atoms with Gasteiger partial charge in [0.15, 0.2) is 0 Å². The average molecular weight is 134 g/mol. The summed E-state index contributed by atoms with van der Waals surface area (Å²) in [6.45, 7) is 0. The predicted molar refractivity (Wildman–Crippen MR) is 34.9 cm³/mol. The van der Waals surface area contributed by atoms with Crippen molar-refractivity contribution < 1.29 is 0 Å². The lowest BCUT2D eigenvalue weighted by atomic mass is 10.5. The first kappa shape index (κ1) is 5.16. The van der Waals surface area contributed by atoms with Crippen LogP contribution in [0.15, 0.2) is 6.33 Å². The van der Waals surface area contributed by atoms with Gasteiger partial charge in [0.1, 0.15) is 0 Å². The Balaban J connectivity index is 2.95. The first-order valence-electron chi connectivity index (χ1n) is 2.70. The van der Waals surface area contributed by atoms with Crippen molar-refractivity contribution in [1.29, 1.82) is 0 Å². The molecule has 2 heterocycles. The molecule has 0 saturated carbocycles. The summed E-state index contributed by atoms with van der Waals surface area (Å²) in [4.78, 5) is 14.1. The van der Waals surface area contributed by atoms with Crippen LogP contribution in [0.1, 0.15) is 0 Å². The van der Waals surface area contributed by atoms with Gasteiger partial charge in [-0.3, -0.25) is 4.98 Å². The molecule has 50 valence electrons. The maximum Gasteiger partial charge on any atom is 0.0791 e. The number of nitrogens with one attached hydrogen (secondary N) is 1. The first-order valence-corrected chi connectivity index (χ1v) is 2.70. The molecule has 0 bridgehead atoms. The molecule has 2 aromatic rings. The number of H-pyrrole nitrogens is 1. The zero-order valence-corrected chi connectivity index (χ0v) is 5.00. The Morgan fingerprint density at radius 1 is 1.50 bits per heavy atom. The zero-order valence-electron chi connectivity index (χ0n) is 5.00. The van der Waals surface area contributed by atoms with E-state index in [0.717, 1.165) is 0 Å². The van der Waals surface area contributed by atoms with E-state index in [9.17, 15) is 0 Å². The van der Waals surface area contributed by atoms with E-state index in [4.69, 9.17) is 5.73 Å². The summed E-state index contributed by atoms with van der Waals surface area (Å²) in [7, 11) is 0. The van der Waals surface area contributed by atoms with Crippen molar-refractivity contribution in [2.45, 2.75) is 0 Å². The Labute approximate surface area is 56.3 Å². The highest BCUT2D eigenvalue weighted by atomic mass is 15.0. The second-order valence-electron chi connectivity index (χ2n) is 1.81. The van der Waals surface area contributed by atoms with Crippen LogP contribution in [0, 0.1) is 6.33 Å². The number of hydrogen-bond acceptors (Lipinski definition) is 4. The van der Waals surface area contributed by atoms with Crippen LogP contribution in [-0.4, -0.2) is 19.9 Å². The number of anilines is 1. The third-order valence-corrected chi connectivity index (χ3v) is 1.20. The molecule has 2 rings (SSSR count). The van der Waals surface area contributed by atoms with Crippen LogP contribution in [0.25, 0.3) is 11.2 Å². The number of imidazole rings is 1. The number of aromatic nitrogens is 4. The molecular formula is C5H4N5-. The summed E-state index contributed by atoms with van der Waals surface area (Å²) in [6.07, 6.45) is 3.90. The number of rotatable bonds is 0. The maximum absolute atomic E-state index is 5.45. The second kappa shape index (κ2) is 1.66. The molecule has 0 atom stereocenters. The van der Waals surface area contributed by atoms with Gasteiger partial charge in [0.05, 0.1) is 12.0 Å². The molecule has 0 fully saturated rings. The number of nitrogen functional groups attached to an aromatic ring is 1. The topological polar surface area (TPSA) is 80.5 Å². The third-order valence-electron chi connectivity index (χ3n) is 1.20. The van der Waals surface area contributed by atoms with E-state index in [-0.39, 0.29) is 0 Å². The average Bonchev–Trinajstić information content (AvgIpc) is 2.36. The number of hydrogen-bond donors (Lipinski definition) is 2. The Kier molecular flexibility index (Phi) is 0.858. The van der Waals surface area contributed by atoms with Crippen LogP contribution in [0.2, 0.25) is 0 Å². The fraction of sp³-hybridized carbons (Fsp3) is 0. The van der Waals surface area contributed by atoms with Crippen molar-refractivity contribution in [3.63, 3.8) is 0 Å². The number of fused-ring (bicyclic) bond motifs is 1. The maximum atomic E-state index is 5.45. The highest BCUT2D eigenvalue weighted by molar-refractivity contribution is 5.80. The molecule has 0 radical (unpaired) electrons. The SMILES string of the molecule is Nc1n[c-]nc2nc[nH]c12. The summed E-state index contributed by atoms with van der Waals surface area (Å²) in [6, 6.07) is 0. The molecule has 10 heavy (non-hydrogen) atoms. The van der Waals surface area contributed by atoms with E-state index in [1.807, 2.05) is 0 Å². The molecule has 0 aromatic carbocycles. The van der Waals surface area contributed by atoms with Gasteiger partial charge in [-0.25, -0.2) is 0 Å². The Morgan fingerprint density at radius 2 is 2.40 bits per heavy atom. The summed E-state index contributed by atoms with van der Waals surface area (Å²) >= 11 is 0. The van der Waals surface area contributed by atoms with Crippen molar-refractivity contribution in [1.82, 2.24) is 19.9 Å². The van der Waals surface area contributed by atoms with Crippen LogP contribution in [0.3, 0.4) is 0 Å². The van der Waals surface area contributed by atoms with Gasteiger partial charge >= 0.3 is 0 Å². The molecule has 0 aliphatic heterocycles. The van der Waals surface area contributed by atoms with Gasteiger partial charge in [-0.2, -0.15) is 0 Å². The van der Waals surface area contributed by atoms with E-state index >= 15 is 0 Å². The van der Waals surface area contributed by atoms with Crippen LogP contribution in [0.4, 0.5) is 5.82 Å². The molecule has 0 aliphatic carbocycles. The first-order chi connectivity index (χ1) is 4.88. The van der Waals surface area contributed by atoms with E-state index in [0.29, 0.717) is 17.0 Å². The summed E-state index contributed by atoms with van der Waals surface area (Å²) in [5.41, 5.74) is 6.66. The van der Waals surface area contributed by atoms with Gasteiger partial charge < -0.3 is 20.7 Å². The standard InChI is InChI=1S/C5H4N5/c6-4-3-5(9-1-7-3)10-2-8-4/h1H,(H3,6,7,8,9,10)/q-1. The lowest BCUT2D eigenvalue weighted by molar-refractivity contribution is 1.19. The minimum Gasteiger partial charge on any atom is -0.433 e. The molecule has 2 aromatic heterocycles. The fourth-order valence-corrected chi connectivity index (χ4v) is 0.742. The van der Waals surface area contributed by atoms with E-state index < -0.39 is 0 Å². The summed E-state index contributed by atoms with van der Waals surface area (Å²) < 4.78 is 0. The van der Waals surface area contributed by atoms with Crippen LogP contribution < -0.4 is 5.73 Å². The van der Waals surface area contributed by atoms with E-state index in [1.54, 1.807) is 0 Å². The number of nitrogens with zero attached hydrogens (tertiary/aromatic N) is 3. The van der Waals surface area contributed by atoms with Gasteiger partial charge in [-0.15, -0.1) is 0 Å². The van der Waals surface area contributed by atoms with Gasteiger partial charge in [-0.05, 0) is 0 Å². The van der Waals surface area contributed by atoms with Crippen LogP contribution in [0.5, 0.6) is 0 Å². The van der Waals surface area contributed by atoms with Gasteiger partial charge in [0, 0.05) is 17.7 Å². The highest BCUT2D eigenvalue weighted by Crippen LogP contribution is 2.08. The lowest BCUT2D eigenvalue weighted by Crippen LogP contribution is -1.92. The smallest absolute Gasteiger partial charge is 0.0791 e. The Bertz CT molecular complexity index is 352. The Morgan fingerprint density at radius 3 is 3.20 bits per heavy atom. The normalized spacial score (nSPS) is 10.4. The minimum atomic E-state index is 0.377. The highest BCUT2D eigenvalue weighted by Gasteiger charge is 1.89. The van der Waals surface area contributed by atoms with Gasteiger partial charge in [0.25, 0.3) is 0 Å². The Hall–Kier alpha value is -1.65. The molecule has 0 amide bonds. The molecule has 5 nitrogen and oxygen atoms in total. The predicted octanol–water partition coefficient (Wildman–Crippen LogP) is -0.265. The molecule has 0 spiro atoms. The van der Waals surface area contributed by atoms with E-state index in [2.05, 4.69) is 26.3 Å². The largest absolute Gasteiger partial charge is 0.433 e. The quantitative estimate of drug-likeness (QED) is 0.486. The van der Waals surface area contributed by atoms with Crippen molar-refractivity contribution in [3.05, 3.63) is 12.7 Å². The molecule has 0 saturated heterocycles. The van der Waals surface area contributed by atoms with Crippen molar-refractivity contribution in [2.24, 2.45) is 0 Å². The summed E-state index contributed by atoms with van der Waals surface area (Å²) in [5.74, 6) is 0.377. The van der Waals surface area contributed by atoms with Gasteiger partial charge in [0.2, 0.25) is 0 Å². The minimum absolute atomic E-state index is 0.377. The molecular weight excluding hydrogens is 130 g/mol. The number of nitrogens with two attached hydrogens (primary N) is 1. The van der Waals surface area contributed by atoms with Crippen LogP contribution in [-0.2, 0) is 0 Å². The van der Waals surface area contributed by atoms with Crippen molar-refractivity contribution in [2.75, 3.05) is 5.73 Å².